The van der Waals surface area contributed by atoms with Crippen molar-refractivity contribution in [3.8, 4) is 0 Å². The van der Waals surface area contributed by atoms with Crippen molar-refractivity contribution >= 4 is 27.5 Å². The second-order valence-electron chi connectivity index (χ2n) is 5.18. The first kappa shape index (κ1) is 16.5. The Morgan fingerprint density at radius 2 is 1.95 bits per heavy atom. The van der Waals surface area contributed by atoms with Crippen LogP contribution >= 0.6 is 27.5 Å². The summed E-state index contributed by atoms with van der Waals surface area (Å²) in [5, 5.41) is 4.21. The van der Waals surface area contributed by atoms with Gasteiger partial charge in [-0.1, -0.05) is 46.6 Å². The molecule has 0 bridgehead atoms. The summed E-state index contributed by atoms with van der Waals surface area (Å²) in [5.41, 5.74) is 2.53. The minimum atomic E-state index is 0.519. The summed E-state index contributed by atoms with van der Waals surface area (Å²) in [5.74, 6) is 0.519. The lowest BCUT2D eigenvalue weighted by molar-refractivity contribution is 0.478. The molecule has 0 aliphatic carbocycles. The van der Waals surface area contributed by atoms with E-state index >= 15 is 0 Å². The van der Waals surface area contributed by atoms with Crippen molar-refractivity contribution in [2.24, 2.45) is 5.92 Å². The van der Waals surface area contributed by atoms with Gasteiger partial charge in [-0.3, -0.25) is 4.98 Å². The lowest BCUT2D eigenvalue weighted by atomic mass is 9.93. The molecule has 2 nitrogen and oxygen atoms in total. The fourth-order valence-electron chi connectivity index (χ4n) is 2.40. The molecule has 2 aromatic rings. The summed E-state index contributed by atoms with van der Waals surface area (Å²) in [6.45, 7) is 4.11. The molecule has 1 unspecified atom stereocenters. The van der Waals surface area contributed by atoms with Crippen molar-refractivity contribution in [2.45, 2.75) is 19.8 Å². The molecule has 0 radical (unpaired) electrons. The van der Waals surface area contributed by atoms with E-state index in [1.807, 2.05) is 12.3 Å². The number of hydrogen-bond acceptors (Lipinski definition) is 2. The minimum absolute atomic E-state index is 0.519. The molecule has 2 rings (SSSR count). The van der Waals surface area contributed by atoms with Gasteiger partial charge in [0.2, 0.25) is 0 Å². The van der Waals surface area contributed by atoms with E-state index in [1.54, 1.807) is 6.20 Å². The van der Waals surface area contributed by atoms with E-state index in [0.29, 0.717) is 5.92 Å². The zero-order valence-electron chi connectivity index (χ0n) is 12.2. The van der Waals surface area contributed by atoms with Gasteiger partial charge in [0.1, 0.15) is 0 Å². The Bertz CT molecular complexity index is 557. The number of aromatic nitrogens is 1. The summed E-state index contributed by atoms with van der Waals surface area (Å²) in [7, 11) is 0. The van der Waals surface area contributed by atoms with Crippen LogP contribution in [0.25, 0.3) is 0 Å². The smallest absolute Gasteiger partial charge is 0.0621 e. The fraction of sp³-hybridized carbons (Fsp3) is 0.353. The van der Waals surface area contributed by atoms with Crippen LogP contribution in [0.4, 0.5) is 0 Å². The summed E-state index contributed by atoms with van der Waals surface area (Å²) in [6, 6.07) is 10.6. The number of rotatable bonds is 7. The Hall–Kier alpha value is -0.900. The van der Waals surface area contributed by atoms with Gasteiger partial charge in [-0.2, -0.15) is 0 Å². The van der Waals surface area contributed by atoms with Crippen molar-refractivity contribution in [3.05, 3.63) is 63.3 Å². The largest absolute Gasteiger partial charge is 0.317 e. The quantitative estimate of drug-likeness (QED) is 0.779. The standard InChI is InChI=1S/C17H20BrClN2/c1-2-20-11-14(9-13-3-5-16(18)6-4-13)10-15-7-8-21-12-17(15)19/h3-8,12,14,20H,2,9-11H2,1H3. The molecule has 112 valence electrons. The second-order valence-corrected chi connectivity index (χ2v) is 6.50. The van der Waals surface area contributed by atoms with Gasteiger partial charge in [0.15, 0.2) is 0 Å². The zero-order chi connectivity index (χ0) is 15.1. The molecule has 0 saturated carbocycles. The summed E-state index contributed by atoms with van der Waals surface area (Å²) in [4.78, 5) is 4.06. The van der Waals surface area contributed by atoms with Crippen LogP contribution < -0.4 is 5.32 Å². The third-order valence-electron chi connectivity index (χ3n) is 3.49. The highest BCUT2D eigenvalue weighted by Gasteiger charge is 2.12. The first-order chi connectivity index (χ1) is 10.2. The molecule has 0 aliphatic rings. The van der Waals surface area contributed by atoms with Crippen molar-refractivity contribution < 1.29 is 0 Å². The summed E-state index contributed by atoms with van der Waals surface area (Å²) >= 11 is 9.72. The predicted octanol–water partition coefficient (Wildman–Crippen LogP) is 4.51. The van der Waals surface area contributed by atoms with E-state index in [9.17, 15) is 0 Å². The molecule has 1 aromatic carbocycles. The van der Waals surface area contributed by atoms with Gasteiger partial charge in [0.05, 0.1) is 5.02 Å². The van der Waals surface area contributed by atoms with Crippen LogP contribution in [0.5, 0.6) is 0 Å². The van der Waals surface area contributed by atoms with E-state index in [1.165, 1.54) is 11.1 Å². The second kappa shape index (κ2) is 8.52. The van der Waals surface area contributed by atoms with Crippen molar-refractivity contribution in [1.82, 2.24) is 10.3 Å². The van der Waals surface area contributed by atoms with E-state index in [2.05, 4.69) is 57.4 Å². The molecule has 4 heteroatoms. The van der Waals surface area contributed by atoms with Gasteiger partial charge in [-0.25, -0.2) is 0 Å². The van der Waals surface area contributed by atoms with Crippen LogP contribution in [-0.4, -0.2) is 18.1 Å². The first-order valence-corrected chi connectivity index (χ1v) is 8.39. The molecular weight excluding hydrogens is 348 g/mol. The zero-order valence-corrected chi connectivity index (χ0v) is 14.5. The van der Waals surface area contributed by atoms with Crippen LogP contribution in [-0.2, 0) is 12.8 Å². The molecule has 0 spiro atoms. The molecule has 1 heterocycles. The summed E-state index contributed by atoms with van der Waals surface area (Å²) < 4.78 is 1.12. The van der Waals surface area contributed by atoms with Gasteiger partial charge in [-0.15, -0.1) is 0 Å². The Balaban J connectivity index is 2.07. The highest BCUT2D eigenvalue weighted by molar-refractivity contribution is 9.10. The number of benzene rings is 1. The number of pyridine rings is 1. The van der Waals surface area contributed by atoms with E-state index in [4.69, 9.17) is 11.6 Å². The van der Waals surface area contributed by atoms with E-state index < -0.39 is 0 Å². The monoisotopic (exact) mass is 366 g/mol. The molecule has 0 amide bonds. The van der Waals surface area contributed by atoms with Gasteiger partial charge in [-0.05, 0) is 61.2 Å². The highest BCUT2D eigenvalue weighted by atomic mass is 79.9. The highest BCUT2D eigenvalue weighted by Crippen LogP contribution is 2.21. The summed E-state index contributed by atoms with van der Waals surface area (Å²) in [6.07, 6.45) is 5.54. The molecule has 1 atom stereocenters. The van der Waals surface area contributed by atoms with Gasteiger partial charge in [0, 0.05) is 16.9 Å². The molecule has 1 N–H and O–H groups in total. The third-order valence-corrected chi connectivity index (χ3v) is 4.35. The number of hydrogen-bond donors (Lipinski definition) is 1. The number of halogens is 2. The molecule has 21 heavy (non-hydrogen) atoms. The van der Waals surface area contributed by atoms with Crippen molar-refractivity contribution in [1.29, 1.82) is 0 Å². The Kier molecular flexibility index (Phi) is 6.68. The predicted molar refractivity (Wildman–Crippen MR) is 92.8 cm³/mol. The lowest BCUT2D eigenvalue weighted by Gasteiger charge is -2.18. The topological polar surface area (TPSA) is 24.9 Å². The van der Waals surface area contributed by atoms with Crippen LogP contribution in [0.3, 0.4) is 0 Å². The van der Waals surface area contributed by atoms with Crippen LogP contribution in [0.15, 0.2) is 47.2 Å². The number of nitrogens with one attached hydrogen (secondary N) is 1. The average molecular weight is 368 g/mol. The average Bonchev–Trinajstić information content (AvgIpc) is 2.49. The molecule has 0 fully saturated rings. The molecular formula is C17H20BrClN2. The van der Waals surface area contributed by atoms with Gasteiger partial charge < -0.3 is 5.32 Å². The SMILES string of the molecule is CCNCC(Cc1ccc(Br)cc1)Cc1ccncc1Cl. The van der Waals surface area contributed by atoms with Crippen LogP contribution in [0.2, 0.25) is 5.02 Å². The van der Waals surface area contributed by atoms with Crippen LogP contribution in [0, 0.1) is 5.92 Å². The first-order valence-electron chi connectivity index (χ1n) is 7.22. The fourth-order valence-corrected chi connectivity index (χ4v) is 2.86. The van der Waals surface area contributed by atoms with E-state index in [-0.39, 0.29) is 0 Å². The maximum Gasteiger partial charge on any atom is 0.0621 e. The van der Waals surface area contributed by atoms with E-state index in [0.717, 1.165) is 35.4 Å². The van der Waals surface area contributed by atoms with Gasteiger partial charge in [0.25, 0.3) is 0 Å². The van der Waals surface area contributed by atoms with Gasteiger partial charge >= 0.3 is 0 Å². The molecule has 1 aromatic heterocycles. The minimum Gasteiger partial charge on any atom is -0.317 e. The van der Waals surface area contributed by atoms with Crippen molar-refractivity contribution in [3.63, 3.8) is 0 Å². The Morgan fingerprint density at radius 1 is 1.19 bits per heavy atom. The Morgan fingerprint density at radius 3 is 2.62 bits per heavy atom. The maximum absolute atomic E-state index is 6.24. The Labute approximate surface area is 140 Å². The molecule has 0 saturated heterocycles. The van der Waals surface area contributed by atoms with Crippen LogP contribution in [0.1, 0.15) is 18.1 Å². The normalized spacial score (nSPS) is 12.3. The number of nitrogens with zero attached hydrogens (tertiary/aromatic N) is 1. The lowest BCUT2D eigenvalue weighted by Crippen LogP contribution is -2.25. The maximum atomic E-state index is 6.24. The molecule has 0 aliphatic heterocycles. The third kappa shape index (κ3) is 5.42. The van der Waals surface area contributed by atoms with Crippen molar-refractivity contribution in [2.75, 3.05) is 13.1 Å².